The van der Waals surface area contributed by atoms with Gasteiger partial charge in [-0.05, 0) is 89.0 Å². The molecule has 6 nitrogen and oxygen atoms in total. The summed E-state index contributed by atoms with van der Waals surface area (Å²) in [5.41, 5.74) is 0.988. The van der Waals surface area contributed by atoms with Crippen LogP contribution in [0.5, 0.6) is 11.5 Å². The molecule has 0 amide bonds. The summed E-state index contributed by atoms with van der Waals surface area (Å²) in [4.78, 5) is 14.1. The summed E-state index contributed by atoms with van der Waals surface area (Å²) in [6, 6.07) is 8.05. The average Bonchev–Trinajstić information content (AvgIpc) is 2.87. The molecular formula is C27H42N4O2. The third kappa shape index (κ3) is 8.59. The monoisotopic (exact) mass is 454 g/mol. The van der Waals surface area contributed by atoms with Crippen molar-refractivity contribution < 1.29 is 9.47 Å². The van der Waals surface area contributed by atoms with Crippen molar-refractivity contribution in [3.8, 4) is 22.9 Å². The van der Waals surface area contributed by atoms with E-state index < -0.39 is 0 Å². The molecule has 1 aromatic heterocycles. The fraction of sp³-hybridized carbons (Fsp3) is 0.630. The summed E-state index contributed by atoms with van der Waals surface area (Å²) < 4.78 is 11.7. The van der Waals surface area contributed by atoms with Gasteiger partial charge in [0.05, 0.1) is 25.6 Å². The van der Waals surface area contributed by atoms with E-state index in [0.717, 1.165) is 49.6 Å². The summed E-state index contributed by atoms with van der Waals surface area (Å²) >= 11 is 0. The largest absolute Gasteiger partial charge is 0.494 e. The number of piperidine rings is 2. The summed E-state index contributed by atoms with van der Waals surface area (Å²) in [6.07, 6.45) is 13.8. The van der Waals surface area contributed by atoms with E-state index in [9.17, 15) is 0 Å². The smallest absolute Gasteiger partial charge is 0.159 e. The van der Waals surface area contributed by atoms with Crippen LogP contribution in [0.25, 0.3) is 11.4 Å². The maximum absolute atomic E-state index is 5.91. The topological polar surface area (TPSA) is 50.7 Å². The molecule has 0 N–H and O–H groups in total. The van der Waals surface area contributed by atoms with Crippen molar-refractivity contribution in [1.29, 1.82) is 0 Å². The van der Waals surface area contributed by atoms with Crippen molar-refractivity contribution in [3.63, 3.8) is 0 Å². The maximum atomic E-state index is 5.91. The highest BCUT2D eigenvalue weighted by Crippen LogP contribution is 2.21. The number of nitrogens with zero attached hydrogens (tertiary/aromatic N) is 4. The molecule has 0 radical (unpaired) electrons. The third-order valence-corrected chi connectivity index (χ3v) is 6.41. The van der Waals surface area contributed by atoms with E-state index in [4.69, 9.17) is 9.47 Å². The number of ether oxygens (including phenoxy) is 2. The molecule has 6 heteroatoms. The fourth-order valence-electron chi connectivity index (χ4n) is 4.56. The Morgan fingerprint density at radius 1 is 0.636 bits per heavy atom. The zero-order chi connectivity index (χ0) is 21.8. The van der Waals surface area contributed by atoms with Gasteiger partial charge in [0.15, 0.2) is 11.6 Å². The van der Waals surface area contributed by atoms with Gasteiger partial charge in [-0.2, -0.15) is 0 Å². The molecule has 0 spiro atoms. The van der Waals surface area contributed by atoms with Gasteiger partial charge >= 0.3 is 0 Å². The number of aromatic nitrogens is 2. The molecule has 2 saturated heterocycles. The Labute approximate surface area is 200 Å². The number of hydrogen-bond donors (Lipinski definition) is 0. The molecular weight excluding hydrogens is 412 g/mol. The van der Waals surface area contributed by atoms with Gasteiger partial charge in [0, 0.05) is 18.7 Å². The Balaban J connectivity index is 0.00000306. The maximum Gasteiger partial charge on any atom is 0.159 e. The van der Waals surface area contributed by atoms with Gasteiger partial charge in [-0.3, -0.25) is 0 Å². The minimum atomic E-state index is 0. The first kappa shape index (κ1) is 25.4. The third-order valence-electron chi connectivity index (χ3n) is 6.41. The second-order valence-corrected chi connectivity index (χ2v) is 8.98. The molecule has 2 aromatic rings. The molecule has 0 saturated carbocycles. The Bertz CT molecular complexity index is 702. The van der Waals surface area contributed by atoms with E-state index in [2.05, 4.69) is 19.8 Å². The number of rotatable bonds is 11. The van der Waals surface area contributed by atoms with Crippen LogP contribution in [0.2, 0.25) is 0 Å². The van der Waals surface area contributed by atoms with E-state index in [-0.39, 0.29) is 7.43 Å². The molecule has 2 aliphatic heterocycles. The lowest BCUT2D eigenvalue weighted by Crippen LogP contribution is -2.31. The van der Waals surface area contributed by atoms with E-state index >= 15 is 0 Å². The molecule has 182 valence electrons. The highest BCUT2D eigenvalue weighted by atomic mass is 16.5. The highest BCUT2D eigenvalue weighted by Gasteiger charge is 2.10. The van der Waals surface area contributed by atoms with Gasteiger partial charge < -0.3 is 19.3 Å². The predicted molar refractivity (Wildman–Crippen MR) is 135 cm³/mol. The standard InChI is InChI=1S/C26H38N4O2.CH4/c1-3-13-29(14-4-1)17-7-19-31-24-11-9-23(10-12-24)26-27-21-25(22-28-26)32-20-8-18-30-15-5-2-6-16-30;/h9-12,21-22H,1-8,13-20H2;1H4. The van der Waals surface area contributed by atoms with E-state index in [1.807, 2.05) is 24.3 Å². The summed E-state index contributed by atoms with van der Waals surface area (Å²) in [5, 5.41) is 0. The van der Waals surface area contributed by atoms with Crippen LogP contribution in [0, 0.1) is 0 Å². The molecule has 2 fully saturated rings. The molecule has 3 heterocycles. The van der Waals surface area contributed by atoms with Crippen molar-refractivity contribution in [1.82, 2.24) is 19.8 Å². The van der Waals surface area contributed by atoms with Gasteiger partial charge in [0.1, 0.15) is 5.75 Å². The van der Waals surface area contributed by atoms with Gasteiger partial charge in [0.25, 0.3) is 0 Å². The number of hydrogen-bond acceptors (Lipinski definition) is 6. The van der Waals surface area contributed by atoms with Crippen molar-refractivity contribution in [2.45, 2.75) is 58.8 Å². The van der Waals surface area contributed by atoms with Crippen LogP contribution in [-0.2, 0) is 0 Å². The Hall–Kier alpha value is -2.18. The zero-order valence-electron chi connectivity index (χ0n) is 19.4. The van der Waals surface area contributed by atoms with Gasteiger partial charge in [-0.25, -0.2) is 9.97 Å². The fourth-order valence-corrected chi connectivity index (χ4v) is 4.56. The zero-order valence-corrected chi connectivity index (χ0v) is 19.4. The Morgan fingerprint density at radius 2 is 1.12 bits per heavy atom. The first-order valence-electron chi connectivity index (χ1n) is 12.5. The summed E-state index contributed by atoms with van der Waals surface area (Å²) in [6.45, 7) is 8.69. The lowest BCUT2D eigenvalue weighted by Gasteiger charge is -2.26. The number of likely N-dealkylation sites (tertiary alicyclic amines) is 2. The minimum absolute atomic E-state index is 0. The predicted octanol–water partition coefficient (Wildman–Crippen LogP) is 5.29. The first-order valence-corrected chi connectivity index (χ1v) is 12.5. The molecule has 4 rings (SSSR count). The van der Waals surface area contributed by atoms with Crippen LogP contribution >= 0.6 is 0 Å². The Kier molecular flexibility index (Phi) is 10.9. The summed E-state index contributed by atoms with van der Waals surface area (Å²) in [7, 11) is 0. The van der Waals surface area contributed by atoms with E-state index in [1.165, 1.54) is 64.7 Å². The van der Waals surface area contributed by atoms with Crippen LogP contribution < -0.4 is 9.47 Å². The number of benzene rings is 1. The van der Waals surface area contributed by atoms with Gasteiger partial charge in [-0.1, -0.05) is 20.3 Å². The van der Waals surface area contributed by atoms with Crippen LogP contribution in [-0.4, -0.2) is 72.3 Å². The van der Waals surface area contributed by atoms with E-state index in [1.54, 1.807) is 12.4 Å². The lowest BCUT2D eigenvalue weighted by molar-refractivity contribution is 0.204. The quantitative estimate of drug-likeness (QED) is 0.430. The average molecular weight is 455 g/mol. The molecule has 0 unspecified atom stereocenters. The van der Waals surface area contributed by atoms with Crippen molar-refractivity contribution in [2.24, 2.45) is 0 Å². The van der Waals surface area contributed by atoms with E-state index in [0.29, 0.717) is 12.4 Å². The van der Waals surface area contributed by atoms with Crippen molar-refractivity contribution in [2.75, 3.05) is 52.5 Å². The minimum Gasteiger partial charge on any atom is -0.494 e. The molecule has 0 aliphatic carbocycles. The van der Waals surface area contributed by atoms with Gasteiger partial charge in [0.2, 0.25) is 0 Å². The lowest BCUT2D eigenvalue weighted by atomic mass is 10.1. The second kappa shape index (κ2) is 14.2. The van der Waals surface area contributed by atoms with Crippen LogP contribution in [0.1, 0.15) is 58.8 Å². The van der Waals surface area contributed by atoms with Gasteiger partial charge in [-0.15, -0.1) is 0 Å². The molecule has 33 heavy (non-hydrogen) atoms. The highest BCUT2D eigenvalue weighted by molar-refractivity contribution is 5.56. The van der Waals surface area contributed by atoms with Crippen molar-refractivity contribution >= 4 is 0 Å². The van der Waals surface area contributed by atoms with Crippen LogP contribution in [0.3, 0.4) is 0 Å². The SMILES string of the molecule is C.c1cc(-c2ncc(OCCCN3CCCCC3)cn2)ccc1OCCCN1CCCCC1. The normalized spacial score (nSPS) is 17.3. The molecule has 1 aromatic carbocycles. The Morgan fingerprint density at radius 3 is 1.64 bits per heavy atom. The molecule has 2 aliphatic rings. The van der Waals surface area contributed by atoms with Crippen molar-refractivity contribution in [3.05, 3.63) is 36.7 Å². The molecule has 0 bridgehead atoms. The second-order valence-electron chi connectivity index (χ2n) is 8.98. The molecule has 0 atom stereocenters. The first-order chi connectivity index (χ1) is 15.9. The van der Waals surface area contributed by atoms with Crippen LogP contribution in [0.15, 0.2) is 36.7 Å². The van der Waals surface area contributed by atoms with Crippen LogP contribution in [0.4, 0.5) is 0 Å². The summed E-state index contributed by atoms with van der Waals surface area (Å²) in [5.74, 6) is 2.35.